The Labute approximate surface area is 162 Å². The lowest BCUT2D eigenvalue weighted by atomic mass is 10.1. The number of amides is 1. The quantitative estimate of drug-likeness (QED) is 0.546. The third kappa shape index (κ3) is 6.00. The molecule has 1 aliphatic rings. The van der Waals surface area contributed by atoms with Gasteiger partial charge in [-0.3, -0.25) is 4.79 Å². The number of rotatable bonds is 8. The Bertz CT molecular complexity index is 701. The molecule has 2 aromatic rings. The van der Waals surface area contributed by atoms with E-state index in [4.69, 9.17) is 16.0 Å². The number of thioether (sulfide) groups is 1. The van der Waals surface area contributed by atoms with E-state index in [2.05, 4.69) is 20.4 Å². The second kappa shape index (κ2) is 9.94. The molecule has 0 saturated carbocycles. The molecule has 0 bridgehead atoms. The van der Waals surface area contributed by atoms with Gasteiger partial charge < -0.3 is 14.6 Å². The molecule has 6 nitrogen and oxygen atoms in total. The Morgan fingerprint density at radius 2 is 1.96 bits per heavy atom. The van der Waals surface area contributed by atoms with Gasteiger partial charge >= 0.3 is 0 Å². The first kappa shape index (κ1) is 19.2. The van der Waals surface area contributed by atoms with Gasteiger partial charge in [-0.2, -0.15) is 0 Å². The second-order valence-corrected chi connectivity index (χ2v) is 7.64. The van der Waals surface area contributed by atoms with Gasteiger partial charge in [-0.25, -0.2) is 0 Å². The van der Waals surface area contributed by atoms with E-state index >= 15 is 0 Å². The average Bonchev–Trinajstić information content (AvgIpc) is 3.14. The molecule has 1 saturated heterocycles. The second-order valence-electron chi connectivity index (χ2n) is 6.27. The number of benzene rings is 1. The Kier molecular flexibility index (Phi) is 7.34. The van der Waals surface area contributed by atoms with Crippen LogP contribution in [0.15, 0.2) is 33.9 Å². The molecule has 1 amide bonds. The molecule has 1 aromatic carbocycles. The predicted molar refractivity (Wildman–Crippen MR) is 103 cm³/mol. The number of nitrogens with zero attached hydrogens (tertiary/aromatic N) is 3. The number of carbonyl (C=O) groups is 1. The zero-order chi connectivity index (χ0) is 18.2. The van der Waals surface area contributed by atoms with Crippen molar-refractivity contribution in [2.24, 2.45) is 0 Å². The van der Waals surface area contributed by atoms with E-state index in [1.165, 1.54) is 44.1 Å². The minimum absolute atomic E-state index is 0.0140. The monoisotopic (exact) mass is 394 g/mol. The van der Waals surface area contributed by atoms with Crippen LogP contribution in [-0.4, -0.2) is 52.9 Å². The Morgan fingerprint density at radius 3 is 2.73 bits per heavy atom. The van der Waals surface area contributed by atoms with Crippen molar-refractivity contribution in [3.05, 3.63) is 29.3 Å². The minimum Gasteiger partial charge on any atom is -0.411 e. The standard InChI is InChI=1S/C18H23ClN4O2S/c19-15-7-5-14(6-8-15)17-21-22-18(25-17)26-13-16(24)20-9-4-12-23-10-2-1-3-11-23/h5-8H,1-4,9-13H2,(H,20,24). The van der Waals surface area contributed by atoms with Gasteiger partial charge in [-0.05, 0) is 63.2 Å². The maximum atomic E-state index is 11.9. The van der Waals surface area contributed by atoms with Crippen LogP contribution in [0, 0.1) is 0 Å². The van der Waals surface area contributed by atoms with Crippen molar-refractivity contribution in [3.8, 4) is 11.5 Å². The molecule has 0 aliphatic carbocycles. The van der Waals surface area contributed by atoms with Crippen molar-refractivity contribution in [3.63, 3.8) is 0 Å². The van der Waals surface area contributed by atoms with Crippen LogP contribution in [0.5, 0.6) is 0 Å². The first-order valence-corrected chi connectivity index (χ1v) is 10.3. The molecule has 140 valence electrons. The van der Waals surface area contributed by atoms with Crippen LogP contribution >= 0.6 is 23.4 Å². The minimum atomic E-state index is -0.0140. The van der Waals surface area contributed by atoms with E-state index in [0.717, 1.165) is 18.5 Å². The number of nitrogens with one attached hydrogen (secondary N) is 1. The molecular weight excluding hydrogens is 372 g/mol. The summed E-state index contributed by atoms with van der Waals surface area (Å²) in [6.07, 6.45) is 4.92. The summed E-state index contributed by atoms with van der Waals surface area (Å²) in [4.78, 5) is 14.4. The first-order chi connectivity index (χ1) is 12.7. The van der Waals surface area contributed by atoms with Gasteiger partial charge in [-0.1, -0.05) is 29.8 Å². The Hall–Kier alpha value is -1.57. The van der Waals surface area contributed by atoms with E-state index < -0.39 is 0 Å². The molecule has 1 fully saturated rings. The molecule has 26 heavy (non-hydrogen) atoms. The number of carbonyl (C=O) groups excluding carboxylic acids is 1. The van der Waals surface area contributed by atoms with Crippen LogP contribution < -0.4 is 5.32 Å². The highest BCUT2D eigenvalue weighted by atomic mass is 35.5. The smallest absolute Gasteiger partial charge is 0.277 e. The van der Waals surface area contributed by atoms with Gasteiger partial charge in [0.25, 0.3) is 5.22 Å². The van der Waals surface area contributed by atoms with E-state index in [-0.39, 0.29) is 11.7 Å². The lowest BCUT2D eigenvalue weighted by Crippen LogP contribution is -2.33. The number of piperidine rings is 1. The van der Waals surface area contributed by atoms with Crippen molar-refractivity contribution in [1.82, 2.24) is 20.4 Å². The van der Waals surface area contributed by atoms with E-state index in [1.54, 1.807) is 12.1 Å². The van der Waals surface area contributed by atoms with E-state index in [0.29, 0.717) is 22.7 Å². The van der Waals surface area contributed by atoms with Gasteiger partial charge in [-0.15, -0.1) is 10.2 Å². The summed E-state index contributed by atoms with van der Waals surface area (Å²) in [6, 6.07) is 7.18. The van der Waals surface area contributed by atoms with Crippen molar-refractivity contribution >= 4 is 29.3 Å². The lowest BCUT2D eigenvalue weighted by molar-refractivity contribution is -0.118. The number of hydrogen-bond donors (Lipinski definition) is 1. The summed E-state index contributed by atoms with van der Waals surface area (Å²) in [5, 5.41) is 12.0. The van der Waals surface area contributed by atoms with Crippen molar-refractivity contribution in [2.75, 3.05) is 31.9 Å². The first-order valence-electron chi connectivity index (χ1n) is 8.92. The van der Waals surface area contributed by atoms with Gasteiger partial charge in [0.05, 0.1) is 5.75 Å². The molecule has 1 aromatic heterocycles. The molecule has 1 N–H and O–H groups in total. The van der Waals surface area contributed by atoms with Crippen molar-refractivity contribution in [2.45, 2.75) is 30.9 Å². The van der Waals surface area contributed by atoms with Crippen LogP contribution in [0.1, 0.15) is 25.7 Å². The number of aromatic nitrogens is 2. The molecule has 3 rings (SSSR count). The molecule has 0 atom stereocenters. The topological polar surface area (TPSA) is 71.3 Å². The summed E-state index contributed by atoms with van der Waals surface area (Å²) in [5.74, 6) is 0.678. The summed E-state index contributed by atoms with van der Waals surface area (Å²) in [7, 11) is 0. The van der Waals surface area contributed by atoms with Crippen LogP contribution in [0.3, 0.4) is 0 Å². The van der Waals surface area contributed by atoms with Gasteiger partial charge in [0.15, 0.2) is 0 Å². The highest BCUT2D eigenvalue weighted by Crippen LogP contribution is 2.24. The number of halogens is 1. The van der Waals surface area contributed by atoms with E-state index in [1.807, 2.05) is 12.1 Å². The molecule has 1 aliphatic heterocycles. The lowest BCUT2D eigenvalue weighted by Gasteiger charge is -2.26. The van der Waals surface area contributed by atoms with Gasteiger partial charge in [0, 0.05) is 17.1 Å². The molecule has 8 heteroatoms. The van der Waals surface area contributed by atoms with Crippen LogP contribution in [0.25, 0.3) is 11.5 Å². The SMILES string of the molecule is O=C(CSc1nnc(-c2ccc(Cl)cc2)o1)NCCCN1CCCCC1. The number of hydrogen-bond acceptors (Lipinski definition) is 6. The fraction of sp³-hybridized carbons (Fsp3) is 0.500. The average molecular weight is 395 g/mol. The van der Waals surface area contributed by atoms with Crippen molar-refractivity contribution < 1.29 is 9.21 Å². The summed E-state index contributed by atoms with van der Waals surface area (Å²) in [6.45, 7) is 4.14. The van der Waals surface area contributed by atoms with Crippen molar-refractivity contribution in [1.29, 1.82) is 0 Å². The van der Waals surface area contributed by atoms with Crippen LogP contribution in [0.2, 0.25) is 5.02 Å². The number of likely N-dealkylation sites (tertiary alicyclic amines) is 1. The summed E-state index contributed by atoms with van der Waals surface area (Å²) in [5.41, 5.74) is 0.802. The maximum Gasteiger partial charge on any atom is 0.277 e. The fourth-order valence-electron chi connectivity index (χ4n) is 2.87. The molecular formula is C18H23ClN4O2S. The molecule has 0 spiro atoms. The Balaban J connectivity index is 1.34. The zero-order valence-electron chi connectivity index (χ0n) is 14.6. The van der Waals surface area contributed by atoms with Crippen LogP contribution in [-0.2, 0) is 4.79 Å². The predicted octanol–water partition coefficient (Wildman–Crippen LogP) is 3.47. The Morgan fingerprint density at radius 1 is 1.19 bits per heavy atom. The third-order valence-corrected chi connectivity index (χ3v) is 5.32. The van der Waals surface area contributed by atoms with Gasteiger partial charge in [0.2, 0.25) is 11.8 Å². The highest BCUT2D eigenvalue weighted by molar-refractivity contribution is 7.99. The van der Waals surface area contributed by atoms with Crippen LogP contribution in [0.4, 0.5) is 0 Å². The molecule has 0 radical (unpaired) electrons. The maximum absolute atomic E-state index is 11.9. The third-order valence-electron chi connectivity index (χ3n) is 4.25. The molecule has 2 heterocycles. The fourth-order valence-corrected chi connectivity index (χ4v) is 3.59. The normalized spacial score (nSPS) is 15.1. The van der Waals surface area contributed by atoms with E-state index in [9.17, 15) is 4.79 Å². The summed E-state index contributed by atoms with van der Waals surface area (Å²) >= 11 is 7.11. The largest absolute Gasteiger partial charge is 0.411 e. The molecule has 0 unspecified atom stereocenters. The highest BCUT2D eigenvalue weighted by Gasteiger charge is 2.12. The summed E-state index contributed by atoms with van der Waals surface area (Å²) < 4.78 is 5.58. The zero-order valence-corrected chi connectivity index (χ0v) is 16.2. The van der Waals surface area contributed by atoms with Gasteiger partial charge in [0.1, 0.15) is 0 Å².